The van der Waals surface area contributed by atoms with Crippen LogP contribution in [0.1, 0.15) is 21.6 Å². The van der Waals surface area contributed by atoms with Crippen molar-refractivity contribution in [2.75, 3.05) is 43.1 Å². The predicted octanol–water partition coefficient (Wildman–Crippen LogP) is 4.13. The minimum atomic E-state index is -4.57. The van der Waals surface area contributed by atoms with E-state index < -0.39 is 30.2 Å². The van der Waals surface area contributed by atoms with Gasteiger partial charge in [0.25, 0.3) is 5.91 Å². The van der Waals surface area contributed by atoms with Crippen LogP contribution in [0.25, 0.3) is 10.9 Å². The van der Waals surface area contributed by atoms with Crippen molar-refractivity contribution in [1.82, 2.24) is 4.98 Å². The van der Waals surface area contributed by atoms with Crippen LogP contribution in [0.3, 0.4) is 0 Å². The summed E-state index contributed by atoms with van der Waals surface area (Å²) >= 11 is 0. The fraction of sp³-hybridized carbons (Fsp3) is 0.304. The van der Waals surface area contributed by atoms with Gasteiger partial charge >= 0.3 is 12.1 Å². The highest BCUT2D eigenvalue weighted by atomic mass is 19.4. The number of aromatic nitrogens is 1. The minimum Gasteiger partial charge on any atom is -0.452 e. The molecule has 7 nitrogen and oxygen atoms in total. The number of halogens is 3. The highest BCUT2D eigenvalue weighted by molar-refractivity contribution is 6.06. The second kappa shape index (κ2) is 9.14. The number of ether oxygens (including phenoxy) is 2. The van der Waals surface area contributed by atoms with Gasteiger partial charge in [-0.1, -0.05) is 18.2 Å². The van der Waals surface area contributed by atoms with Gasteiger partial charge in [0.2, 0.25) is 0 Å². The van der Waals surface area contributed by atoms with Gasteiger partial charge in [0, 0.05) is 29.7 Å². The van der Waals surface area contributed by atoms with Gasteiger partial charge in [-0.2, -0.15) is 13.2 Å². The molecule has 1 aliphatic rings. The smallest absolute Gasteiger partial charge is 0.416 e. The summed E-state index contributed by atoms with van der Waals surface area (Å²) in [7, 11) is 0. The molecule has 33 heavy (non-hydrogen) atoms. The van der Waals surface area contributed by atoms with Crippen molar-refractivity contribution in [2.24, 2.45) is 0 Å². The number of hydrogen-bond acceptors (Lipinski definition) is 5. The lowest BCUT2D eigenvalue weighted by Crippen LogP contribution is -2.37. The number of esters is 1. The number of alkyl halides is 3. The third kappa shape index (κ3) is 4.95. The third-order valence-electron chi connectivity index (χ3n) is 5.38. The number of H-pyrrole nitrogens is 1. The Morgan fingerprint density at radius 2 is 1.88 bits per heavy atom. The summed E-state index contributed by atoms with van der Waals surface area (Å²) in [6.45, 7) is 2.88. The van der Waals surface area contributed by atoms with Crippen molar-refractivity contribution < 1.29 is 32.2 Å². The van der Waals surface area contributed by atoms with E-state index in [9.17, 15) is 22.8 Å². The van der Waals surface area contributed by atoms with Crippen molar-refractivity contribution in [2.45, 2.75) is 13.1 Å². The fourth-order valence-electron chi connectivity index (χ4n) is 3.82. The number of amides is 1. The first-order valence-electron chi connectivity index (χ1n) is 10.3. The molecule has 2 aromatic carbocycles. The van der Waals surface area contributed by atoms with Crippen molar-refractivity contribution in [3.8, 4) is 0 Å². The van der Waals surface area contributed by atoms with Crippen molar-refractivity contribution in [3.63, 3.8) is 0 Å². The Hall–Kier alpha value is -3.53. The summed E-state index contributed by atoms with van der Waals surface area (Å²) < 4.78 is 50.2. The van der Waals surface area contributed by atoms with Gasteiger partial charge in [-0.15, -0.1) is 0 Å². The molecule has 0 spiro atoms. The number of hydrogen-bond donors (Lipinski definition) is 2. The number of aromatic amines is 1. The minimum absolute atomic E-state index is 0.00366. The van der Waals surface area contributed by atoms with E-state index in [-0.39, 0.29) is 5.69 Å². The number of morpholine rings is 1. The Balaban J connectivity index is 1.50. The monoisotopic (exact) mass is 461 g/mol. The van der Waals surface area contributed by atoms with Gasteiger partial charge in [-0.25, -0.2) is 4.79 Å². The first-order chi connectivity index (χ1) is 15.7. The zero-order valence-corrected chi connectivity index (χ0v) is 17.8. The Kier molecular flexibility index (Phi) is 6.28. The average molecular weight is 461 g/mol. The van der Waals surface area contributed by atoms with Crippen molar-refractivity contribution >= 4 is 34.2 Å². The molecule has 0 bridgehead atoms. The van der Waals surface area contributed by atoms with E-state index in [4.69, 9.17) is 9.47 Å². The number of benzene rings is 2. The molecule has 2 N–H and O–H groups in total. The highest BCUT2D eigenvalue weighted by Crippen LogP contribution is 2.35. The van der Waals surface area contributed by atoms with Crippen LogP contribution in [-0.4, -0.2) is 49.8 Å². The quantitative estimate of drug-likeness (QED) is 0.559. The molecule has 2 heterocycles. The number of fused-ring (bicyclic) bond motifs is 1. The summed E-state index contributed by atoms with van der Waals surface area (Å²) in [5.41, 5.74) is 1.21. The summed E-state index contributed by atoms with van der Waals surface area (Å²) in [5, 5.41) is 3.13. The highest BCUT2D eigenvalue weighted by Gasteiger charge is 2.32. The maximum Gasteiger partial charge on any atom is 0.416 e. The first kappa shape index (κ1) is 22.7. The zero-order valence-electron chi connectivity index (χ0n) is 17.8. The summed E-state index contributed by atoms with van der Waals surface area (Å²) in [5.74, 6) is -1.44. The Morgan fingerprint density at radius 1 is 1.15 bits per heavy atom. The molecule has 0 saturated carbocycles. The predicted molar refractivity (Wildman–Crippen MR) is 116 cm³/mol. The third-order valence-corrected chi connectivity index (χ3v) is 5.38. The lowest BCUT2D eigenvalue weighted by molar-refractivity contribution is -0.137. The molecular weight excluding hydrogens is 439 g/mol. The molecular formula is C23H22F3N3O4. The van der Waals surface area contributed by atoms with Gasteiger partial charge in [-0.05, 0) is 31.2 Å². The number of aryl methyl sites for hydroxylation is 1. The zero-order chi connectivity index (χ0) is 23.6. The molecule has 0 aliphatic carbocycles. The molecule has 1 amide bonds. The van der Waals surface area contributed by atoms with Crippen LogP contribution >= 0.6 is 0 Å². The second-order valence-electron chi connectivity index (χ2n) is 7.62. The second-order valence-corrected chi connectivity index (χ2v) is 7.62. The molecule has 1 aliphatic heterocycles. The van der Waals surface area contributed by atoms with E-state index in [0.717, 1.165) is 17.6 Å². The van der Waals surface area contributed by atoms with Crippen LogP contribution in [0.4, 0.5) is 24.5 Å². The maximum atomic E-state index is 13.2. The number of anilines is 2. The fourth-order valence-corrected chi connectivity index (χ4v) is 3.82. The number of rotatable bonds is 5. The van der Waals surface area contributed by atoms with Crippen LogP contribution in [0, 0.1) is 6.92 Å². The van der Waals surface area contributed by atoms with E-state index in [1.165, 1.54) is 6.07 Å². The van der Waals surface area contributed by atoms with Crippen LogP contribution in [0.2, 0.25) is 0 Å². The molecule has 1 aromatic heterocycles. The number of nitrogens with zero attached hydrogens (tertiary/aromatic N) is 1. The van der Waals surface area contributed by atoms with Crippen LogP contribution in [0.15, 0.2) is 42.5 Å². The molecule has 0 atom stereocenters. The summed E-state index contributed by atoms with van der Waals surface area (Å²) in [6.07, 6.45) is -4.57. The number of para-hydroxylation sites is 1. The van der Waals surface area contributed by atoms with E-state index in [1.54, 1.807) is 19.1 Å². The van der Waals surface area contributed by atoms with Gasteiger partial charge in [-0.3, -0.25) is 4.79 Å². The normalized spacial score (nSPS) is 14.4. The Bertz CT molecular complexity index is 1180. The van der Waals surface area contributed by atoms with Gasteiger partial charge in [0.1, 0.15) is 0 Å². The Morgan fingerprint density at radius 3 is 2.61 bits per heavy atom. The molecule has 3 aromatic rings. The van der Waals surface area contributed by atoms with E-state index in [1.807, 2.05) is 17.0 Å². The number of nitrogens with one attached hydrogen (secondary N) is 2. The standard InChI is InChI=1S/C23H22F3N3O4/c1-14-21(16-4-2-3-5-17(16)27-14)22(31)33-13-20(30)28-18-12-15(23(24,25)26)6-7-19(18)29-8-10-32-11-9-29/h2-7,12,27H,8-11,13H2,1H3,(H,28,30). The number of carbonyl (C=O) groups is 2. The molecule has 1 saturated heterocycles. The molecule has 10 heteroatoms. The molecule has 4 rings (SSSR count). The lowest BCUT2D eigenvalue weighted by Gasteiger charge is -2.31. The van der Waals surface area contributed by atoms with Gasteiger partial charge in [0.15, 0.2) is 6.61 Å². The first-order valence-corrected chi connectivity index (χ1v) is 10.3. The number of carbonyl (C=O) groups excluding carboxylic acids is 2. The van der Waals surface area contributed by atoms with E-state index in [2.05, 4.69) is 10.3 Å². The van der Waals surface area contributed by atoms with Crippen molar-refractivity contribution in [3.05, 3.63) is 59.3 Å². The largest absolute Gasteiger partial charge is 0.452 e. The average Bonchev–Trinajstić information content (AvgIpc) is 3.13. The summed E-state index contributed by atoms with van der Waals surface area (Å²) in [4.78, 5) is 30.0. The Labute approximate surface area is 187 Å². The van der Waals surface area contributed by atoms with Crippen LogP contribution in [-0.2, 0) is 20.4 Å². The molecule has 0 unspecified atom stereocenters. The molecule has 0 radical (unpaired) electrons. The summed E-state index contributed by atoms with van der Waals surface area (Å²) in [6, 6.07) is 10.3. The van der Waals surface area contributed by atoms with Crippen LogP contribution < -0.4 is 10.2 Å². The molecule has 174 valence electrons. The van der Waals surface area contributed by atoms with Gasteiger partial charge in [0.05, 0.1) is 35.7 Å². The van der Waals surface area contributed by atoms with Crippen molar-refractivity contribution in [1.29, 1.82) is 0 Å². The van der Waals surface area contributed by atoms with Crippen LogP contribution in [0.5, 0.6) is 0 Å². The van der Waals surface area contributed by atoms with E-state index >= 15 is 0 Å². The van der Waals surface area contributed by atoms with E-state index in [0.29, 0.717) is 48.6 Å². The maximum absolute atomic E-state index is 13.2. The topological polar surface area (TPSA) is 83.7 Å². The lowest BCUT2D eigenvalue weighted by atomic mass is 10.1. The molecule has 1 fully saturated rings. The SMILES string of the molecule is Cc1[nH]c2ccccc2c1C(=O)OCC(=O)Nc1cc(C(F)(F)F)ccc1N1CCOCC1. The van der Waals surface area contributed by atoms with Gasteiger partial charge < -0.3 is 24.7 Å².